The first kappa shape index (κ1) is 18.7. The fraction of sp³-hybridized carbons (Fsp3) is 0.227. The zero-order valence-electron chi connectivity index (χ0n) is 16.0. The lowest BCUT2D eigenvalue weighted by molar-refractivity contribution is 0.0941. The monoisotopic (exact) mass is 391 g/mol. The molecular formula is C22H21N3O4. The summed E-state index contributed by atoms with van der Waals surface area (Å²) in [5.74, 6) is 0.689. The molecule has 1 fully saturated rings. The molecule has 3 aromatic rings. The van der Waals surface area contributed by atoms with E-state index in [4.69, 9.17) is 9.26 Å². The van der Waals surface area contributed by atoms with Gasteiger partial charge in [-0.3, -0.25) is 9.59 Å². The van der Waals surface area contributed by atoms with E-state index in [0.717, 1.165) is 18.4 Å². The van der Waals surface area contributed by atoms with E-state index in [9.17, 15) is 9.59 Å². The first-order chi connectivity index (χ1) is 14.1. The van der Waals surface area contributed by atoms with Crippen molar-refractivity contribution in [2.45, 2.75) is 32.4 Å². The third-order valence-electron chi connectivity index (χ3n) is 4.59. The predicted octanol–water partition coefficient (Wildman–Crippen LogP) is 3.71. The lowest BCUT2D eigenvalue weighted by Gasteiger charge is -2.09. The van der Waals surface area contributed by atoms with E-state index in [1.807, 2.05) is 25.1 Å². The number of benzene rings is 2. The van der Waals surface area contributed by atoms with Gasteiger partial charge in [-0.1, -0.05) is 23.4 Å². The minimum Gasteiger partial charge on any atom is -0.486 e. The first-order valence-corrected chi connectivity index (χ1v) is 9.45. The zero-order valence-corrected chi connectivity index (χ0v) is 16.0. The van der Waals surface area contributed by atoms with Gasteiger partial charge in [0.2, 0.25) is 0 Å². The van der Waals surface area contributed by atoms with Crippen molar-refractivity contribution in [3.63, 3.8) is 0 Å². The average Bonchev–Trinajstić information content (AvgIpc) is 3.40. The van der Waals surface area contributed by atoms with E-state index >= 15 is 0 Å². The minimum atomic E-state index is -0.226. The predicted molar refractivity (Wildman–Crippen MR) is 107 cm³/mol. The van der Waals surface area contributed by atoms with Crippen LogP contribution in [0, 0.1) is 6.92 Å². The highest BCUT2D eigenvalue weighted by molar-refractivity contribution is 6.05. The van der Waals surface area contributed by atoms with Crippen LogP contribution in [-0.4, -0.2) is 23.0 Å². The summed E-state index contributed by atoms with van der Waals surface area (Å²) < 4.78 is 10.8. The number of nitrogens with zero attached hydrogens (tertiary/aromatic N) is 1. The van der Waals surface area contributed by atoms with Gasteiger partial charge in [0.15, 0.2) is 11.5 Å². The van der Waals surface area contributed by atoms with Crippen LogP contribution in [0.1, 0.15) is 45.0 Å². The molecule has 4 rings (SSSR count). The van der Waals surface area contributed by atoms with Crippen LogP contribution in [0.2, 0.25) is 0 Å². The van der Waals surface area contributed by atoms with Crippen LogP contribution < -0.4 is 15.4 Å². The maximum absolute atomic E-state index is 12.4. The SMILES string of the molecule is Cc1ccccc1C(=O)Nc1ccc(OCc2cc(C(=O)NC3CC3)no2)cc1. The number of aromatic nitrogens is 1. The summed E-state index contributed by atoms with van der Waals surface area (Å²) in [5, 5.41) is 9.50. The molecule has 29 heavy (non-hydrogen) atoms. The number of hydrogen-bond donors (Lipinski definition) is 2. The fourth-order valence-electron chi connectivity index (χ4n) is 2.79. The number of carbonyl (C=O) groups is 2. The molecule has 0 atom stereocenters. The Bertz CT molecular complexity index is 1020. The van der Waals surface area contributed by atoms with Gasteiger partial charge in [-0.15, -0.1) is 0 Å². The van der Waals surface area contributed by atoms with Gasteiger partial charge in [0.25, 0.3) is 11.8 Å². The van der Waals surface area contributed by atoms with Crippen molar-refractivity contribution < 1.29 is 18.8 Å². The maximum Gasteiger partial charge on any atom is 0.273 e. The number of carbonyl (C=O) groups excluding carboxylic acids is 2. The van der Waals surface area contributed by atoms with E-state index < -0.39 is 0 Å². The largest absolute Gasteiger partial charge is 0.486 e. The lowest BCUT2D eigenvalue weighted by Crippen LogP contribution is -2.25. The van der Waals surface area contributed by atoms with Crippen molar-refractivity contribution in [2.75, 3.05) is 5.32 Å². The third kappa shape index (κ3) is 4.82. The molecule has 0 spiro atoms. The molecule has 7 heteroatoms. The molecule has 1 aliphatic rings. The summed E-state index contributed by atoms with van der Waals surface area (Å²) in [5.41, 5.74) is 2.48. The van der Waals surface area contributed by atoms with E-state index in [2.05, 4.69) is 15.8 Å². The summed E-state index contributed by atoms with van der Waals surface area (Å²) in [6.45, 7) is 2.05. The van der Waals surface area contributed by atoms with Gasteiger partial charge in [0.1, 0.15) is 12.4 Å². The quantitative estimate of drug-likeness (QED) is 0.640. The van der Waals surface area contributed by atoms with Gasteiger partial charge in [0, 0.05) is 23.4 Å². The van der Waals surface area contributed by atoms with Crippen LogP contribution in [-0.2, 0) is 6.61 Å². The summed E-state index contributed by atoms with van der Waals surface area (Å²) >= 11 is 0. The number of rotatable bonds is 7. The molecule has 1 aliphatic carbocycles. The topological polar surface area (TPSA) is 93.5 Å². The highest BCUT2D eigenvalue weighted by Crippen LogP contribution is 2.20. The molecular weight excluding hydrogens is 370 g/mol. The highest BCUT2D eigenvalue weighted by atomic mass is 16.5. The Kier molecular flexibility index (Phi) is 5.29. The second-order valence-corrected chi connectivity index (χ2v) is 7.01. The molecule has 0 aliphatic heterocycles. The summed E-state index contributed by atoms with van der Waals surface area (Å²) in [4.78, 5) is 24.3. The Balaban J connectivity index is 1.30. The second-order valence-electron chi connectivity index (χ2n) is 7.01. The number of amides is 2. The van der Waals surface area contributed by atoms with Gasteiger partial charge in [0.05, 0.1) is 0 Å². The molecule has 1 heterocycles. The lowest BCUT2D eigenvalue weighted by atomic mass is 10.1. The molecule has 148 valence electrons. The Morgan fingerprint density at radius 2 is 1.86 bits per heavy atom. The van der Waals surface area contributed by atoms with Crippen molar-refractivity contribution in [3.8, 4) is 5.75 Å². The van der Waals surface area contributed by atoms with Gasteiger partial charge in [-0.05, 0) is 55.7 Å². The minimum absolute atomic E-state index is 0.151. The van der Waals surface area contributed by atoms with Crippen molar-refractivity contribution in [1.82, 2.24) is 10.5 Å². The molecule has 7 nitrogen and oxygen atoms in total. The summed E-state index contributed by atoms with van der Waals surface area (Å²) in [7, 11) is 0. The molecule has 0 unspecified atom stereocenters. The molecule has 2 aromatic carbocycles. The smallest absolute Gasteiger partial charge is 0.273 e. The van der Waals surface area contributed by atoms with Crippen LogP contribution in [0.5, 0.6) is 5.75 Å². The Labute approximate surface area is 168 Å². The van der Waals surface area contributed by atoms with Crippen molar-refractivity contribution in [1.29, 1.82) is 0 Å². The second kappa shape index (κ2) is 8.18. The molecule has 0 bridgehead atoms. The zero-order chi connectivity index (χ0) is 20.2. The average molecular weight is 391 g/mol. The van der Waals surface area contributed by atoms with Crippen LogP contribution in [0.3, 0.4) is 0 Å². The number of nitrogens with one attached hydrogen (secondary N) is 2. The molecule has 0 radical (unpaired) electrons. The van der Waals surface area contributed by atoms with Crippen LogP contribution in [0.4, 0.5) is 5.69 Å². The first-order valence-electron chi connectivity index (χ1n) is 9.45. The fourth-order valence-corrected chi connectivity index (χ4v) is 2.79. The van der Waals surface area contributed by atoms with Gasteiger partial charge < -0.3 is 19.9 Å². The summed E-state index contributed by atoms with van der Waals surface area (Å²) in [6, 6.07) is 16.3. The van der Waals surface area contributed by atoms with Gasteiger partial charge >= 0.3 is 0 Å². The molecule has 0 saturated heterocycles. The third-order valence-corrected chi connectivity index (χ3v) is 4.59. The van der Waals surface area contributed by atoms with Gasteiger partial charge in [-0.2, -0.15) is 0 Å². The number of hydrogen-bond acceptors (Lipinski definition) is 5. The Morgan fingerprint density at radius 1 is 1.10 bits per heavy atom. The molecule has 1 aromatic heterocycles. The maximum atomic E-state index is 12.4. The standard InChI is InChI=1S/C22H21N3O4/c1-14-4-2-3-5-19(14)21(26)23-16-8-10-17(11-9-16)28-13-18-12-20(25-29-18)22(27)24-15-6-7-15/h2-5,8-12,15H,6-7,13H2,1H3,(H,23,26)(H,24,27). The van der Waals surface area contributed by atoms with Gasteiger partial charge in [-0.25, -0.2) is 0 Å². The van der Waals surface area contributed by atoms with Crippen molar-refractivity contribution >= 4 is 17.5 Å². The highest BCUT2D eigenvalue weighted by Gasteiger charge is 2.25. The van der Waals surface area contributed by atoms with Crippen LogP contribution in [0.15, 0.2) is 59.1 Å². The van der Waals surface area contributed by atoms with Crippen molar-refractivity contribution in [2.24, 2.45) is 0 Å². The molecule has 2 amide bonds. The van der Waals surface area contributed by atoms with E-state index in [0.29, 0.717) is 22.8 Å². The van der Waals surface area contributed by atoms with E-state index in [1.54, 1.807) is 36.4 Å². The Hall–Kier alpha value is -3.61. The van der Waals surface area contributed by atoms with E-state index in [-0.39, 0.29) is 30.2 Å². The normalized spacial score (nSPS) is 13.0. The van der Waals surface area contributed by atoms with Crippen LogP contribution >= 0.6 is 0 Å². The Morgan fingerprint density at radius 3 is 2.59 bits per heavy atom. The van der Waals surface area contributed by atoms with E-state index in [1.165, 1.54) is 0 Å². The summed E-state index contributed by atoms with van der Waals surface area (Å²) in [6.07, 6.45) is 2.03. The van der Waals surface area contributed by atoms with Crippen molar-refractivity contribution in [3.05, 3.63) is 77.2 Å². The van der Waals surface area contributed by atoms with Crippen LogP contribution in [0.25, 0.3) is 0 Å². The number of aryl methyl sites for hydroxylation is 1. The number of ether oxygens (including phenoxy) is 1. The molecule has 1 saturated carbocycles. The molecule has 2 N–H and O–H groups in total. The number of anilines is 1.